The Bertz CT molecular complexity index is 728. The van der Waals surface area contributed by atoms with Crippen molar-refractivity contribution in [2.75, 3.05) is 26.7 Å². The number of nitrogens with one attached hydrogen (secondary N) is 2. The van der Waals surface area contributed by atoms with Crippen LogP contribution in [-0.4, -0.2) is 42.5 Å². The van der Waals surface area contributed by atoms with Gasteiger partial charge in [-0.25, -0.2) is 0 Å². The molecule has 0 radical (unpaired) electrons. The number of likely N-dealkylation sites (tertiary alicyclic amines) is 1. The van der Waals surface area contributed by atoms with Crippen LogP contribution in [0.3, 0.4) is 0 Å². The minimum Gasteiger partial charge on any atom is -0.463 e. The van der Waals surface area contributed by atoms with E-state index in [4.69, 9.17) is 4.42 Å². The van der Waals surface area contributed by atoms with E-state index < -0.39 is 0 Å². The number of aromatic nitrogens is 1. The molecule has 128 valence electrons. The number of carbonyl (C=O) groups excluding carboxylic acids is 1. The van der Waals surface area contributed by atoms with Crippen LogP contribution in [0, 0.1) is 5.92 Å². The number of pyridine rings is 1. The van der Waals surface area contributed by atoms with Crippen molar-refractivity contribution in [1.29, 1.82) is 0 Å². The fourth-order valence-corrected chi connectivity index (χ4v) is 3.16. The average Bonchev–Trinajstić information content (AvgIpc) is 3.14. The summed E-state index contributed by atoms with van der Waals surface area (Å²) in [5.41, 5.74) is 0.400. The van der Waals surface area contributed by atoms with Crippen molar-refractivity contribution in [2.24, 2.45) is 5.92 Å². The summed E-state index contributed by atoms with van der Waals surface area (Å²) >= 11 is 0. The maximum Gasteiger partial charge on any atom is 0.261 e. The van der Waals surface area contributed by atoms with Crippen molar-refractivity contribution in [3.05, 3.63) is 46.4 Å². The highest BCUT2D eigenvalue weighted by Gasteiger charge is 2.25. The standard InChI is InChI=1S/C18H23N3O3/c1-19-9-6-13-7-10-21(11-8-13)18(23)14-4-5-15(20-17(14)22)16-3-2-12-24-16/h2-5,12-13,19H,6-11H2,1H3,(H,20,22). The molecular formula is C18H23N3O3. The van der Waals surface area contributed by atoms with E-state index in [9.17, 15) is 9.59 Å². The molecule has 3 rings (SSSR count). The van der Waals surface area contributed by atoms with Gasteiger partial charge in [0.1, 0.15) is 11.3 Å². The van der Waals surface area contributed by atoms with Gasteiger partial charge in [-0.1, -0.05) is 0 Å². The molecule has 6 nitrogen and oxygen atoms in total. The Morgan fingerprint density at radius 3 is 2.75 bits per heavy atom. The Morgan fingerprint density at radius 2 is 2.12 bits per heavy atom. The summed E-state index contributed by atoms with van der Waals surface area (Å²) in [5, 5.41) is 3.17. The number of rotatable bonds is 5. The molecule has 1 saturated heterocycles. The van der Waals surface area contributed by atoms with Crippen LogP contribution in [-0.2, 0) is 0 Å². The molecule has 0 saturated carbocycles. The zero-order valence-corrected chi connectivity index (χ0v) is 13.9. The van der Waals surface area contributed by atoms with Crippen molar-refractivity contribution < 1.29 is 9.21 Å². The highest BCUT2D eigenvalue weighted by Crippen LogP contribution is 2.21. The number of amides is 1. The molecule has 6 heteroatoms. The third-order valence-electron chi connectivity index (χ3n) is 4.63. The second-order valence-corrected chi connectivity index (χ2v) is 6.22. The third kappa shape index (κ3) is 3.59. The molecule has 0 aromatic carbocycles. The van der Waals surface area contributed by atoms with Gasteiger partial charge in [0.25, 0.3) is 11.5 Å². The Balaban J connectivity index is 1.67. The molecule has 0 spiro atoms. The van der Waals surface area contributed by atoms with E-state index >= 15 is 0 Å². The minimum atomic E-state index is -0.369. The molecule has 0 atom stereocenters. The SMILES string of the molecule is CNCCC1CCN(C(=O)c2ccc(-c3ccco3)[nH]c2=O)CC1. The van der Waals surface area contributed by atoms with Crippen LogP contribution < -0.4 is 10.9 Å². The molecule has 3 heterocycles. The normalized spacial score (nSPS) is 15.6. The van der Waals surface area contributed by atoms with E-state index in [0.29, 0.717) is 30.5 Å². The van der Waals surface area contributed by atoms with Crippen LogP contribution in [0.2, 0.25) is 0 Å². The first-order valence-corrected chi connectivity index (χ1v) is 8.40. The predicted octanol–water partition coefficient (Wildman–Crippen LogP) is 2.10. The number of hydrogen-bond acceptors (Lipinski definition) is 4. The van der Waals surface area contributed by atoms with Crippen molar-refractivity contribution >= 4 is 5.91 Å². The monoisotopic (exact) mass is 329 g/mol. The lowest BCUT2D eigenvalue weighted by Crippen LogP contribution is -2.41. The predicted molar refractivity (Wildman–Crippen MR) is 91.9 cm³/mol. The molecule has 1 aliphatic rings. The summed E-state index contributed by atoms with van der Waals surface area (Å²) in [4.78, 5) is 29.4. The summed E-state index contributed by atoms with van der Waals surface area (Å²) in [6.07, 6.45) is 4.67. The van der Waals surface area contributed by atoms with Crippen LogP contribution in [0.25, 0.3) is 11.5 Å². The first kappa shape index (κ1) is 16.5. The van der Waals surface area contributed by atoms with Crippen LogP contribution in [0.5, 0.6) is 0 Å². The van der Waals surface area contributed by atoms with E-state index in [1.165, 1.54) is 0 Å². The zero-order valence-electron chi connectivity index (χ0n) is 13.9. The van der Waals surface area contributed by atoms with Crippen molar-refractivity contribution in [3.8, 4) is 11.5 Å². The molecule has 0 unspecified atom stereocenters. The van der Waals surface area contributed by atoms with Gasteiger partial charge in [-0.15, -0.1) is 0 Å². The van der Waals surface area contributed by atoms with Gasteiger partial charge in [-0.3, -0.25) is 9.59 Å². The van der Waals surface area contributed by atoms with Crippen LogP contribution in [0.15, 0.2) is 39.7 Å². The average molecular weight is 329 g/mol. The second kappa shape index (κ2) is 7.49. The molecule has 24 heavy (non-hydrogen) atoms. The maximum atomic E-state index is 12.6. The number of nitrogens with zero attached hydrogens (tertiary/aromatic N) is 1. The number of piperidine rings is 1. The van der Waals surface area contributed by atoms with E-state index in [1.54, 1.807) is 35.4 Å². The lowest BCUT2D eigenvalue weighted by Gasteiger charge is -2.32. The summed E-state index contributed by atoms with van der Waals surface area (Å²) < 4.78 is 5.26. The molecular weight excluding hydrogens is 306 g/mol. The largest absolute Gasteiger partial charge is 0.463 e. The fraction of sp³-hybridized carbons (Fsp3) is 0.444. The second-order valence-electron chi connectivity index (χ2n) is 6.22. The van der Waals surface area contributed by atoms with E-state index in [2.05, 4.69) is 10.3 Å². The molecule has 2 N–H and O–H groups in total. The fourth-order valence-electron chi connectivity index (χ4n) is 3.16. The zero-order chi connectivity index (χ0) is 16.9. The highest BCUT2D eigenvalue weighted by atomic mass is 16.3. The molecule has 0 bridgehead atoms. The molecule has 2 aromatic heterocycles. The van der Waals surface area contributed by atoms with E-state index in [0.717, 1.165) is 25.8 Å². The topological polar surface area (TPSA) is 78.3 Å². The third-order valence-corrected chi connectivity index (χ3v) is 4.63. The van der Waals surface area contributed by atoms with Gasteiger partial charge in [-0.2, -0.15) is 0 Å². The van der Waals surface area contributed by atoms with Crippen LogP contribution in [0.1, 0.15) is 29.6 Å². The number of carbonyl (C=O) groups is 1. The molecule has 1 amide bonds. The summed E-state index contributed by atoms with van der Waals surface area (Å²) in [6, 6.07) is 6.83. The van der Waals surface area contributed by atoms with Crippen LogP contribution >= 0.6 is 0 Å². The van der Waals surface area contributed by atoms with E-state index in [-0.39, 0.29) is 17.0 Å². The van der Waals surface area contributed by atoms with Crippen molar-refractivity contribution in [1.82, 2.24) is 15.2 Å². The molecule has 1 fully saturated rings. The first-order valence-electron chi connectivity index (χ1n) is 8.40. The summed E-state index contributed by atoms with van der Waals surface area (Å²) in [7, 11) is 1.96. The maximum absolute atomic E-state index is 12.6. The minimum absolute atomic E-state index is 0.186. The van der Waals surface area contributed by atoms with Gasteiger partial charge in [-0.05, 0) is 63.0 Å². The Morgan fingerprint density at radius 1 is 1.33 bits per heavy atom. The quantitative estimate of drug-likeness (QED) is 0.880. The van der Waals surface area contributed by atoms with Gasteiger partial charge < -0.3 is 19.6 Å². The Kier molecular flexibility index (Phi) is 5.15. The molecule has 1 aliphatic heterocycles. The van der Waals surface area contributed by atoms with Gasteiger partial charge >= 0.3 is 0 Å². The van der Waals surface area contributed by atoms with Crippen LogP contribution in [0.4, 0.5) is 0 Å². The number of furan rings is 1. The van der Waals surface area contributed by atoms with E-state index in [1.807, 2.05) is 7.05 Å². The smallest absolute Gasteiger partial charge is 0.261 e. The Hall–Kier alpha value is -2.34. The Labute approximate surface area is 140 Å². The molecule has 2 aromatic rings. The van der Waals surface area contributed by atoms with Crippen molar-refractivity contribution in [2.45, 2.75) is 19.3 Å². The van der Waals surface area contributed by atoms with Gasteiger partial charge in [0, 0.05) is 13.1 Å². The van der Waals surface area contributed by atoms with Crippen molar-refractivity contribution in [3.63, 3.8) is 0 Å². The molecule has 0 aliphatic carbocycles. The number of hydrogen-bond donors (Lipinski definition) is 2. The number of aromatic amines is 1. The van der Waals surface area contributed by atoms with Gasteiger partial charge in [0.15, 0.2) is 0 Å². The van der Waals surface area contributed by atoms with Gasteiger partial charge in [0.05, 0.1) is 12.0 Å². The highest BCUT2D eigenvalue weighted by molar-refractivity contribution is 5.94. The van der Waals surface area contributed by atoms with Gasteiger partial charge in [0.2, 0.25) is 0 Å². The summed E-state index contributed by atoms with van der Waals surface area (Å²) in [5.74, 6) is 1.05. The summed E-state index contributed by atoms with van der Waals surface area (Å²) in [6.45, 7) is 2.44. The number of H-pyrrole nitrogens is 1. The lowest BCUT2D eigenvalue weighted by molar-refractivity contribution is 0.0685. The first-order chi connectivity index (χ1) is 11.7. The lowest BCUT2D eigenvalue weighted by atomic mass is 9.93.